The summed E-state index contributed by atoms with van der Waals surface area (Å²) in [6, 6.07) is 0. The fourth-order valence-electron chi connectivity index (χ4n) is 1.23. The summed E-state index contributed by atoms with van der Waals surface area (Å²) >= 11 is 1.26. The van der Waals surface area contributed by atoms with E-state index in [1.165, 1.54) is 23.2 Å². The minimum absolute atomic E-state index is 0.215. The molecule has 1 N–H and O–H groups in total. The van der Waals surface area contributed by atoms with E-state index in [9.17, 15) is 4.79 Å². The normalized spacial score (nSPS) is 11.1. The Morgan fingerprint density at radius 2 is 2.47 bits per heavy atom. The van der Waals surface area contributed by atoms with Crippen LogP contribution in [0.15, 0.2) is 11.1 Å². The average molecular weight is 269 g/mol. The van der Waals surface area contributed by atoms with E-state index in [2.05, 4.69) is 21.9 Å². The fourth-order valence-corrected chi connectivity index (χ4v) is 1.76. The predicted octanol–water partition coefficient (Wildman–Crippen LogP) is -1.81. The van der Waals surface area contributed by atoms with Crippen molar-refractivity contribution in [2.75, 3.05) is 6.61 Å². The van der Waals surface area contributed by atoms with Crippen molar-refractivity contribution < 1.29 is 4.74 Å². The molecule has 0 aliphatic heterocycles. The van der Waals surface area contributed by atoms with Crippen LogP contribution in [0.1, 0.15) is 0 Å². The molecule has 0 amide bonds. The molecule has 0 aliphatic carbocycles. The summed E-state index contributed by atoms with van der Waals surface area (Å²) in [6.07, 6.45) is 1.54. The molecule has 2 aromatic heterocycles. The van der Waals surface area contributed by atoms with Gasteiger partial charge in [0.15, 0.2) is 0 Å². The second-order valence-corrected chi connectivity index (χ2v) is 4.02. The summed E-state index contributed by atoms with van der Waals surface area (Å²) in [7, 11) is 0. The van der Waals surface area contributed by atoms with Crippen molar-refractivity contribution in [1.29, 1.82) is 0 Å². The van der Waals surface area contributed by atoms with Crippen LogP contribution >= 0.6 is 0 Å². The Balaban J connectivity index is 2.53. The molecule has 1 unspecified atom stereocenters. The summed E-state index contributed by atoms with van der Waals surface area (Å²) < 4.78 is 7.43. The number of aromatic nitrogens is 4. The van der Waals surface area contributed by atoms with Crippen molar-refractivity contribution in [3.63, 3.8) is 0 Å². The maximum atomic E-state index is 11.5. The number of hydrogen-bond donors (Lipinski definition) is 1. The second-order valence-electron chi connectivity index (χ2n) is 2.88. The summed E-state index contributed by atoms with van der Waals surface area (Å²) in [5, 5.41) is 0. The van der Waals surface area contributed by atoms with Crippen LogP contribution in [0.4, 0.5) is 0 Å². The molecule has 2 aromatic rings. The third kappa shape index (κ3) is 1.96. The number of rotatable bonds is 3. The Bertz CT molecular complexity index is 533. The molecule has 7 heteroatoms. The number of nitrogens with zero attached hydrogens (tertiary/aromatic N) is 3. The van der Waals surface area contributed by atoms with Crippen molar-refractivity contribution in [2.45, 2.75) is 6.73 Å². The van der Waals surface area contributed by atoms with E-state index in [1.54, 1.807) is 4.57 Å². The van der Waals surface area contributed by atoms with Gasteiger partial charge < -0.3 is 0 Å². The van der Waals surface area contributed by atoms with Gasteiger partial charge in [-0.15, -0.1) is 0 Å². The molecule has 79 valence electrons. The van der Waals surface area contributed by atoms with Crippen LogP contribution < -0.4 is 10.2 Å². The molecule has 1 atom stereocenters. The zero-order valence-corrected chi connectivity index (χ0v) is 10.4. The van der Waals surface area contributed by atoms with E-state index in [-0.39, 0.29) is 5.56 Å². The molecule has 2 rings (SSSR count). The van der Waals surface area contributed by atoms with Gasteiger partial charge in [0.25, 0.3) is 0 Å². The molecule has 0 saturated heterocycles. The van der Waals surface area contributed by atoms with Gasteiger partial charge in [-0.2, -0.15) is 0 Å². The summed E-state index contributed by atoms with van der Waals surface area (Å²) in [4.78, 5) is 22.3. The van der Waals surface area contributed by atoms with Gasteiger partial charge in [-0.3, -0.25) is 0 Å². The molecule has 2 heterocycles. The quantitative estimate of drug-likeness (QED) is 0.666. The van der Waals surface area contributed by atoms with Gasteiger partial charge in [0, 0.05) is 0 Å². The number of hydrogen-bond acceptors (Lipinski definition) is 4. The molecular weight excluding hydrogens is 259 g/mol. The molecule has 0 aromatic carbocycles. The molecule has 15 heavy (non-hydrogen) atoms. The van der Waals surface area contributed by atoms with Gasteiger partial charge in [-0.1, -0.05) is 0 Å². The molecule has 0 fully saturated rings. The molecule has 0 saturated carbocycles. The van der Waals surface area contributed by atoms with E-state index >= 15 is 0 Å². The first-order chi connectivity index (χ1) is 7.22. The Morgan fingerprint density at radius 3 is 3.20 bits per heavy atom. The molecule has 1 radical (unpaired) electrons. The van der Waals surface area contributed by atoms with Crippen LogP contribution in [0, 0.1) is 6.92 Å². The number of H-pyrrole nitrogens is 1. The SMILES string of the molecule is [CH2]COCn1cnc2c(=O)[nH]c([AsH2])nc21. The number of nitrogens with one attached hydrogen (secondary N) is 1. The zero-order chi connectivity index (χ0) is 10.8. The van der Waals surface area contributed by atoms with Crippen LogP contribution in [0.25, 0.3) is 11.2 Å². The van der Waals surface area contributed by atoms with E-state index in [4.69, 9.17) is 4.74 Å². The third-order valence-electron chi connectivity index (χ3n) is 1.87. The predicted molar refractivity (Wildman–Crippen MR) is 57.6 cm³/mol. The van der Waals surface area contributed by atoms with Gasteiger partial charge in [0.1, 0.15) is 0 Å². The van der Waals surface area contributed by atoms with Crippen molar-refractivity contribution >= 4 is 32.6 Å². The summed E-state index contributed by atoms with van der Waals surface area (Å²) in [5.41, 5.74) is 0.670. The number of imidazole rings is 1. The van der Waals surface area contributed by atoms with Gasteiger partial charge in [0.2, 0.25) is 0 Å². The first kappa shape index (κ1) is 10.4. The second kappa shape index (κ2) is 4.16. The van der Waals surface area contributed by atoms with E-state index in [0.29, 0.717) is 29.1 Å². The van der Waals surface area contributed by atoms with Crippen LogP contribution in [-0.4, -0.2) is 43.0 Å². The van der Waals surface area contributed by atoms with Crippen molar-refractivity contribution in [2.24, 2.45) is 0 Å². The van der Waals surface area contributed by atoms with Crippen molar-refractivity contribution in [1.82, 2.24) is 19.5 Å². The van der Waals surface area contributed by atoms with Crippen LogP contribution in [0.5, 0.6) is 0 Å². The molecule has 0 aliphatic rings. The van der Waals surface area contributed by atoms with Gasteiger partial charge in [-0.25, -0.2) is 0 Å². The van der Waals surface area contributed by atoms with Crippen LogP contribution in [0.3, 0.4) is 0 Å². The Hall–Kier alpha value is -1.13. The summed E-state index contributed by atoms with van der Waals surface area (Å²) in [5.74, 6) is 0. The van der Waals surface area contributed by atoms with E-state index in [0.717, 1.165) is 0 Å². The Kier molecular flexibility index (Phi) is 2.88. The van der Waals surface area contributed by atoms with Gasteiger partial charge in [-0.05, 0) is 0 Å². The number of fused-ring (bicyclic) bond motifs is 1. The molecule has 0 spiro atoms. The van der Waals surface area contributed by atoms with E-state index in [1.807, 2.05) is 0 Å². The van der Waals surface area contributed by atoms with Gasteiger partial charge in [0.05, 0.1) is 0 Å². The van der Waals surface area contributed by atoms with E-state index < -0.39 is 0 Å². The van der Waals surface area contributed by atoms with Gasteiger partial charge >= 0.3 is 93.8 Å². The summed E-state index contributed by atoms with van der Waals surface area (Å²) in [6.45, 7) is 4.23. The topological polar surface area (TPSA) is 72.8 Å². The van der Waals surface area contributed by atoms with Crippen LogP contribution in [0.2, 0.25) is 0 Å². The maximum absolute atomic E-state index is 11.5. The van der Waals surface area contributed by atoms with Crippen molar-refractivity contribution in [3.8, 4) is 0 Å². The zero-order valence-electron chi connectivity index (χ0n) is 7.93. The number of ether oxygens (including phenoxy) is 1. The Morgan fingerprint density at radius 1 is 1.67 bits per heavy atom. The monoisotopic (exact) mass is 269 g/mol. The third-order valence-corrected chi connectivity index (χ3v) is 2.44. The molecule has 0 bridgehead atoms. The van der Waals surface area contributed by atoms with Crippen molar-refractivity contribution in [3.05, 3.63) is 23.6 Å². The standard InChI is InChI=1S/C8H10AsN4O2/c1-2-15-4-13-3-10-5-6(13)11-8(9)12-7(5)14/h3H,1-2,4,9H2,(H,11,12,14). The Labute approximate surface area is 94.2 Å². The average Bonchev–Trinajstić information content (AvgIpc) is 2.58. The fraction of sp³-hybridized carbons (Fsp3) is 0.250. The number of aromatic amines is 1. The van der Waals surface area contributed by atoms with Crippen LogP contribution in [-0.2, 0) is 11.5 Å². The molecular formula is C8H10AsN4O2. The first-order valence-corrected chi connectivity index (χ1v) is 5.51. The molecule has 6 nitrogen and oxygen atoms in total. The first-order valence-electron chi connectivity index (χ1n) is 4.30. The minimum atomic E-state index is -0.215.